The van der Waals surface area contributed by atoms with Gasteiger partial charge in [0.05, 0.1) is 5.38 Å². The molecule has 1 saturated heterocycles. The third kappa shape index (κ3) is 2.89. The fourth-order valence-corrected chi connectivity index (χ4v) is 2.53. The van der Waals surface area contributed by atoms with Crippen LogP contribution in [0.5, 0.6) is 0 Å². The van der Waals surface area contributed by atoms with Gasteiger partial charge in [0.15, 0.2) is 0 Å². The van der Waals surface area contributed by atoms with Gasteiger partial charge in [-0.15, -0.1) is 11.6 Å². The SMILES string of the molecule is CCNC(=O)c1ccc(N2CC(Cl)CC2=O)c(C)c1. The number of nitrogens with zero attached hydrogens (tertiary/aromatic N) is 1. The molecule has 4 nitrogen and oxygen atoms in total. The molecule has 2 rings (SSSR count). The lowest BCUT2D eigenvalue weighted by Crippen LogP contribution is -2.26. The quantitative estimate of drug-likeness (QED) is 0.862. The summed E-state index contributed by atoms with van der Waals surface area (Å²) in [6, 6.07) is 5.35. The Morgan fingerprint density at radius 2 is 2.26 bits per heavy atom. The number of hydrogen-bond donors (Lipinski definition) is 1. The molecule has 0 spiro atoms. The van der Waals surface area contributed by atoms with Crippen molar-refractivity contribution in [3.8, 4) is 0 Å². The van der Waals surface area contributed by atoms with Crippen molar-refractivity contribution in [2.24, 2.45) is 0 Å². The van der Waals surface area contributed by atoms with E-state index in [-0.39, 0.29) is 17.2 Å². The number of carbonyl (C=O) groups excluding carboxylic acids is 2. The van der Waals surface area contributed by atoms with E-state index in [2.05, 4.69) is 5.32 Å². The van der Waals surface area contributed by atoms with E-state index in [9.17, 15) is 9.59 Å². The maximum Gasteiger partial charge on any atom is 0.251 e. The molecule has 1 aliphatic rings. The zero-order valence-corrected chi connectivity index (χ0v) is 11.8. The Labute approximate surface area is 117 Å². The van der Waals surface area contributed by atoms with Gasteiger partial charge in [-0.2, -0.15) is 0 Å². The number of aryl methyl sites for hydroxylation is 1. The second kappa shape index (κ2) is 5.61. The van der Waals surface area contributed by atoms with Crippen molar-refractivity contribution in [3.63, 3.8) is 0 Å². The van der Waals surface area contributed by atoms with Crippen LogP contribution in [0.2, 0.25) is 0 Å². The molecular weight excluding hydrogens is 264 g/mol. The summed E-state index contributed by atoms with van der Waals surface area (Å²) in [5.74, 6) is -0.0611. The van der Waals surface area contributed by atoms with Crippen molar-refractivity contribution >= 4 is 29.1 Å². The molecule has 0 aliphatic carbocycles. The first-order chi connectivity index (χ1) is 9.02. The first-order valence-corrected chi connectivity index (χ1v) is 6.80. The number of hydrogen-bond acceptors (Lipinski definition) is 2. The molecule has 0 aromatic heterocycles. The number of nitrogens with one attached hydrogen (secondary N) is 1. The van der Waals surface area contributed by atoms with Crippen LogP contribution in [-0.4, -0.2) is 30.3 Å². The van der Waals surface area contributed by atoms with Gasteiger partial charge in [-0.1, -0.05) is 0 Å². The Morgan fingerprint density at radius 1 is 1.53 bits per heavy atom. The molecule has 1 aromatic rings. The minimum atomic E-state index is -0.130. The third-order valence-corrected chi connectivity index (χ3v) is 3.46. The summed E-state index contributed by atoms with van der Waals surface area (Å²) in [7, 11) is 0. The lowest BCUT2D eigenvalue weighted by molar-refractivity contribution is -0.117. The minimum absolute atomic E-state index is 0.0360. The Bertz CT molecular complexity index is 516. The molecule has 2 amide bonds. The van der Waals surface area contributed by atoms with Gasteiger partial charge in [-0.3, -0.25) is 9.59 Å². The van der Waals surface area contributed by atoms with Gasteiger partial charge in [-0.25, -0.2) is 0 Å². The van der Waals surface area contributed by atoms with Gasteiger partial charge in [0.1, 0.15) is 0 Å². The monoisotopic (exact) mass is 280 g/mol. The van der Waals surface area contributed by atoms with Crippen LogP contribution in [0.3, 0.4) is 0 Å². The molecule has 1 aliphatic heterocycles. The number of alkyl halides is 1. The molecule has 1 heterocycles. The van der Waals surface area contributed by atoms with E-state index in [0.29, 0.717) is 25.1 Å². The molecule has 0 bridgehead atoms. The summed E-state index contributed by atoms with van der Waals surface area (Å²) < 4.78 is 0. The first-order valence-electron chi connectivity index (χ1n) is 6.36. The van der Waals surface area contributed by atoms with Crippen molar-refractivity contribution in [2.75, 3.05) is 18.0 Å². The van der Waals surface area contributed by atoms with Crippen molar-refractivity contribution in [1.82, 2.24) is 5.32 Å². The summed E-state index contributed by atoms with van der Waals surface area (Å²) in [5.41, 5.74) is 2.35. The maximum atomic E-state index is 11.8. The highest BCUT2D eigenvalue weighted by Gasteiger charge is 2.30. The lowest BCUT2D eigenvalue weighted by atomic mass is 10.1. The predicted molar refractivity (Wildman–Crippen MR) is 75.8 cm³/mol. The Balaban J connectivity index is 2.25. The molecule has 19 heavy (non-hydrogen) atoms. The van der Waals surface area contributed by atoms with Crippen LogP contribution in [0.4, 0.5) is 5.69 Å². The smallest absolute Gasteiger partial charge is 0.251 e. The lowest BCUT2D eigenvalue weighted by Gasteiger charge is -2.19. The van der Waals surface area contributed by atoms with Crippen LogP contribution < -0.4 is 10.2 Å². The molecule has 1 N–H and O–H groups in total. The van der Waals surface area contributed by atoms with Crippen molar-refractivity contribution < 1.29 is 9.59 Å². The zero-order chi connectivity index (χ0) is 14.0. The van der Waals surface area contributed by atoms with Crippen LogP contribution in [-0.2, 0) is 4.79 Å². The number of amides is 2. The van der Waals surface area contributed by atoms with Gasteiger partial charge in [0.2, 0.25) is 5.91 Å². The largest absolute Gasteiger partial charge is 0.352 e. The van der Waals surface area contributed by atoms with Crippen LogP contribution in [0.15, 0.2) is 18.2 Å². The van der Waals surface area contributed by atoms with Crippen molar-refractivity contribution in [2.45, 2.75) is 25.6 Å². The second-order valence-corrected chi connectivity index (χ2v) is 5.28. The molecular formula is C14H17ClN2O2. The van der Waals surface area contributed by atoms with E-state index in [1.807, 2.05) is 19.9 Å². The topological polar surface area (TPSA) is 49.4 Å². The second-order valence-electron chi connectivity index (χ2n) is 4.67. The molecule has 1 unspecified atom stereocenters. The highest BCUT2D eigenvalue weighted by atomic mass is 35.5. The highest BCUT2D eigenvalue weighted by molar-refractivity contribution is 6.24. The summed E-state index contributed by atoms with van der Waals surface area (Å²) in [5, 5.41) is 2.62. The molecule has 1 atom stereocenters. The fraction of sp³-hybridized carbons (Fsp3) is 0.429. The zero-order valence-electron chi connectivity index (χ0n) is 11.1. The van der Waals surface area contributed by atoms with E-state index in [0.717, 1.165) is 11.3 Å². The highest BCUT2D eigenvalue weighted by Crippen LogP contribution is 2.27. The predicted octanol–water partition coefficient (Wildman–Crippen LogP) is 2.09. The molecule has 5 heteroatoms. The summed E-state index contributed by atoms with van der Waals surface area (Å²) in [4.78, 5) is 25.2. The Morgan fingerprint density at radius 3 is 2.79 bits per heavy atom. The van der Waals surface area contributed by atoms with E-state index >= 15 is 0 Å². The van der Waals surface area contributed by atoms with E-state index in [1.54, 1.807) is 17.0 Å². The number of carbonyl (C=O) groups is 2. The fourth-order valence-electron chi connectivity index (χ4n) is 2.26. The van der Waals surface area contributed by atoms with E-state index in [4.69, 9.17) is 11.6 Å². The number of rotatable bonds is 3. The molecule has 0 radical (unpaired) electrons. The average Bonchev–Trinajstić information content (AvgIpc) is 2.68. The summed E-state index contributed by atoms with van der Waals surface area (Å²) >= 11 is 6.00. The van der Waals surface area contributed by atoms with E-state index in [1.165, 1.54) is 0 Å². The van der Waals surface area contributed by atoms with Gasteiger partial charge in [-0.05, 0) is 37.6 Å². The molecule has 1 aromatic carbocycles. The maximum absolute atomic E-state index is 11.8. The van der Waals surface area contributed by atoms with Crippen molar-refractivity contribution in [3.05, 3.63) is 29.3 Å². The van der Waals surface area contributed by atoms with E-state index < -0.39 is 0 Å². The summed E-state index contributed by atoms with van der Waals surface area (Å²) in [6.07, 6.45) is 0.374. The van der Waals surface area contributed by atoms with Gasteiger partial charge in [0, 0.05) is 30.8 Å². The number of anilines is 1. The van der Waals surface area contributed by atoms with Crippen LogP contribution >= 0.6 is 11.6 Å². The summed E-state index contributed by atoms with van der Waals surface area (Å²) in [6.45, 7) is 4.90. The minimum Gasteiger partial charge on any atom is -0.352 e. The number of halogens is 1. The molecule has 102 valence electrons. The van der Waals surface area contributed by atoms with Gasteiger partial charge < -0.3 is 10.2 Å². The Kier molecular flexibility index (Phi) is 4.10. The van der Waals surface area contributed by atoms with Gasteiger partial charge in [0.25, 0.3) is 5.91 Å². The normalized spacial score (nSPS) is 18.8. The molecule has 1 fully saturated rings. The van der Waals surface area contributed by atoms with Crippen LogP contribution in [0, 0.1) is 6.92 Å². The molecule has 0 saturated carbocycles. The van der Waals surface area contributed by atoms with Crippen molar-refractivity contribution in [1.29, 1.82) is 0 Å². The standard InChI is InChI=1S/C14H17ClN2O2/c1-3-16-14(19)10-4-5-12(9(2)6-10)17-8-11(15)7-13(17)18/h4-6,11H,3,7-8H2,1-2H3,(H,16,19). The first kappa shape index (κ1) is 13.9. The average molecular weight is 281 g/mol. The Hall–Kier alpha value is -1.55. The third-order valence-electron chi connectivity index (χ3n) is 3.16. The van der Waals surface area contributed by atoms with Crippen LogP contribution in [0.1, 0.15) is 29.3 Å². The van der Waals surface area contributed by atoms with Gasteiger partial charge >= 0.3 is 0 Å². The van der Waals surface area contributed by atoms with Crippen LogP contribution in [0.25, 0.3) is 0 Å². The number of benzene rings is 1.